The van der Waals surface area contributed by atoms with Crippen molar-refractivity contribution in [3.8, 4) is 41.4 Å². The second-order valence-corrected chi connectivity index (χ2v) is 16.7. The van der Waals surface area contributed by atoms with Crippen LogP contribution in [0.1, 0.15) is 105 Å². The molecule has 0 amide bonds. The molecule has 0 fully saturated rings. The van der Waals surface area contributed by atoms with Gasteiger partial charge < -0.3 is 37.0 Å². The first-order valence-corrected chi connectivity index (χ1v) is 19.7. The summed E-state index contributed by atoms with van der Waals surface area (Å²) in [6, 6.07) is 9.42. The summed E-state index contributed by atoms with van der Waals surface area (Å²) >= 11 is 0. The number of nitriles is 2. The molecule has 0 saturated carbocycles. The molecule has 0 saturated heterocycles. The summed E-state index contributed by atoms with van der Waals surface area (Å²) in [5, 5.41) is 104. The van der Waals surface area contributed by atoms with Gasteiger partial charge in [-0.3, -0.25) is 0 Å². The lowest BCUT2D eigenvalue weighted by atomic mass is 9.91. The van der Waals surface area contributed by atoms with Crippen molar-refractivity contribution in [2.75, 3.05) is 11.5 Å². The number of benzene rings is 2. The largest absolute Gasteiger partial charge is 0.479 e. The van der Waals surface area contributed by atoms with Crippen molar-refractivity contribution in [2.45, 2.75) is 52.4 Å². The molecular formula is C41H35N19O9. The van der Waals surface area contributed by atoms with Gasteiger partial charge in [0.1, 0.15) is 23.3 Å². The van der Waals surface area contributed by atoms with E-state index >= 15 is 0 Å². The third-order valence-corrected chi connectivity index (χ3v) is 9.72. The van der Waals surface area contributed by atoms with Crippen LogP contribution >= 0.6 is 0 Å². The highest BCUT2D eigenvalue weighted by Crippen LogP contribution is 2.40. The Kier molecular flexibility index (Phi) is 11.7. The molecule has 0 radical (unpaired) electrons. The van der Waals surface area contributed by atoms with Crippen LogP contribution in [-0.2, 0) is 10.8 Å². The van der Waals surface area contributed by atoms with Crippen LogP contribution in [0.25, 0.3) is 23.3 Å². The summed E-state index contributed by atoms with van der Waals surface area (Å²) in [5.74, 6) is -7.38. The topological polar surface area (TPSA) is 428 Å². The van der Waals surface area contributed by atoms with Crippen molar-refractivity contribution in [3.63, 3.8) is 0 Å². The number of carbonyl (C=O) groups is 4. The second kappa shape index (κ2) is 17.3. The molecule has 348 valence electrons. The molecule has 5 aromatic heterocycles. The van der Waals surface area contributed by atoms with E-state index in [-0.39, 0.29) is 103 Å². The quantitative estimate of drug-likeness (QED) is 0.0749. The molecule has 0 unspecified atom stereocenters. The van der Waals surface area contributed by atoms with Crippen molar-refractivity contribution >= 4 is 58.5 Å². The van der Waals surface area contributed by atoms with Gasteiger partial charge in [0, 0.05) is 10.8 Å². The summed E-state index contributed by atoms with van der Waals surface area (Å²) in [6.07, 6.45) is 2.24. The van der Waals surface area contributed by atoms with E-state index in [9.17, 15) is 55.2 Å². The third-order valence-electron chi connectivity index (χ3n) is 9.72. The van der Waals surface area contributed by atoms with E-state index in [1.54, 1.807) is 41.5 Å². The third kappa shape index (κ3) is 8.93. The average Bonchev–Trinajstić information content (AvgIpc) is 4.06. The smallest absolute Gasteiger partial charge is 0.335 e. The van der Waals surface area contributed by atoms with Crippen LogP contribution in [-0.4, -0.2) is 103 Å². The standard InChI is InChI=1S/C41H35N19O9/c1-40(2,3)27-25(51-53-31-21(13-42)15-46-57(31)23-9-17(33(61)62)7-18(10-23)34(63)64)29(44)59(55-27)37-48-38(50-39(69)49-37)60-30(45)26(28(56-60)41(4,5)6)52-54-32-22(14-43)16-47-58(32)24-11-19(35(65)66)8-20(12-24)36(67)68/h7-12,15-16H,44-45H2,1-6H3,(H,61,62)(H,63,64)(H,65,66)(H,67,68)(H,48,49,50,69)/b53-51+,54-52+. The molecule has 0 atom stereocenters. The normalized spacial score (nSPS) is 11.8. The lowest BCUT2D eigenvalue weighted by molar-refractivity contribution is 0.0676. The number of carboxylic acids is 4. The monoisotopic (exact) mass is 937 g/mol. The number of rotatable bonds is 12. The molecule has 2 aromatic carbocycles. The molecule has 0 aliphatic heterocycles. The Hall–Kier alpha value is -10.3. The van der Waals surface area contributed by atoms with Gasteiger partial charge in [0.05, 0.1) is 57.4 Å². The average molecular weight is 938 g/mol. The van der Waals surface area contributed by atoms with E-state index in [0.717, 1.165) is 67.5 Å². The van der Waals surface area contributed by atoms with E-state index in [2.05, 4.69) is 55.8 Å². The van der Waals surface area contributed by atoms with Gasteiger partial charge in [0.15, 0.2) is 34.6 Å². The fraction of sp³-hybridized carbons (Fsp3) is 0.195. The van der Waals surface area contributed by atoms with Gasteiger partial charge >= 0.3 is 29.9 Å². The van der Waals surface area contributed by atoms with Crippen molar-refractivity contribution < 1.29 is 44.7 Å². The number of aromatic hydroxyl groups is 1. The zero-order chi connectivity index (χ0) is 50.4. The molecule has 0 spiro atoms. The summed E-state index contributed by atoms with van der Waals surface area (Å²) in [4.78, 5) is 59.9. The Morgan fingerprint density at radius 2 is 0.884 bits per heavy atom. The van der Waals surface area contributed by atoms with E-state index < -0.39 is 40.7 Å². The first kappa shape index (κ1) is 46.7. The Morgan fingerprint density at radius 3 is 1.17 bits per heavy atom. The fourth-order valence-corrected chi connectivity index (χ4v) is 6.46. The second-order valence-electron chi connectivity index (χ2n) is 16.7. The first-order chi connectivity index (χ1) is 32.4. The summed E-state index contributed by atoms with van der Waals surface area (Å²) in [5.41, 5.74) is 10.0. The van der Waals surface area contributed by atoms with E-state index in [4.69, 9.17) is 11.5 Å². The minimum atomic E-state index is -1.42. The lowest BCUT2D eigenvalue weighted by Crippen LogP contribution is -2.16. The maximum absolute atomic E-state index is 11.9. The Morgan fingerprint density at radius 1 is 0.551 bits per heavy atom. The van der Waals surface area contributed by atoms with Gasteiger partial charge in [-0.05, 0) is 36.4 Å². The molecule has 7 aromatic rings. The van der Waals surface area contributed by atoms with Gasteiger partial charge in [-0.1, -0.05) is 41.5 Å². The van der Waals surface area contributed by atoms with Gasteiger partial charge in [-0.25, -0.2) is 28.5 Å². The number of anilines is 2. The minimum Gasteiger partial charge on any atom is -0.479 e. The van der Waals surface area contributed by atoms with Crippen LogP contribution in [0.4, 0.5) is 34.6 Å². The zero-order valence-electron chi connectivity index (χ0n) is 36.7. The van der Waals surface area contributed by atoms with Crippen molar-refractivity contribution in [2.24, 2.45) is 20.5 Å². The van der Waals surface area contributed by atoms with Gasteiger partial charge in [0.25, 0.3) is 11.9 Å². The highest BCUT2D eigenvalue weighted by atomic mass is 16.4. The predicted molar refractivity (Wildman–Crippen MR) is 235 cm³/mol. The van der Waals surface area contributed by atoms with Crippen molar-refractivity contribution in [1.82, 2.24) is 54.1 Å². The maximum atomic E-state index is 11.9. The number of nitrogens with two attached hydrogens (primary N) is 2. The molecule has 9 N–H and O–H groups in total. The van der Waals surface area contributed by atoms with Crippen LogP contribution in [0.2, 0.25) is 0 Å². The number of hydrogen-bond acceptors (Lipinski definition) is 20. The summed E-state index contributed by atoms with van der Waals surface area (Å²) < 4.78 is 4.08. The number of hydrogen-bond donors (Lipinski definition) is 7. The molecular weight excluding hydrogens is 903 g/mol. The molecule has 5 heterocycles. The Labute approximate surface area is 386 Å². The first-order valence-electron chi connectivity index (χ1n) is 19.7. The van der Waals surface area contributed by atoms with Crippen LogP contribution < -0.4 is 11.5 Å². The number of nitrogen functional groups attached to an aromatic ring is 2. The molecule has 0 aliphatic carbocycles. The maximum Gasteiger partial charge on any atom is 0.335 e. The number of azo groups is 2. The lowest BCUT2D eigenvalue weighted by Gasteiger charge is -2.15. The molecule has 7 rings (SSSR count). The van der Waals surface area contributed by atoms with Crippen LogP contribution in [0.3, 0.4) is 0 Å². The Bertz CT molecular complexity index is 3170. The van der Waals surface area contributed by atoms with Gasteiger partial charge in [-0.2, -0.15) is 55.2 Å². The molecule has 28 heteroatoms. The van der Waals surface area contributed by atoms with Gasteiger partial charge in [-0.15, -0.1) is 20.5 Å². The van der Waals surface area contributed by atoms with Gasteiger partial charge in [0.2, 0.25) is 0 Å². The number of carboxylic acid groups (broad SMARTS) is 4. The van der Waals surface area contributed by atoms with E-state index in [1.807, 2.05) is 12.1 Å². The van der Waals surface area contributed by atoms with Crippen molar-refractivity contribution in [1.29, 1.82) is 10.5 Å². The molecule has 0 aliphatic rings. The summed E-state index contributed by atoms with van der Waals surface area (Å²) in [7, 11) is 0. The van der Waals surface area contributed by atoms with E-state index in [1.165, 1.54) is 0 Å². The minimum absolute atomic E-state index is 0.0627. The number of aromatic carboxylic acids is 4. The van der Waals surface area contributed by atoms with Crippen molar-refractivity contribution in [3.05, 3.63) is 93.6 Å². The summed E-state index contributed by atoms with van der Waals surface area (Å²) in [6.45, 7) is 10.6. The predicted octanol–water partition coefficient (Wildman–Crippen LogP) is 5.45. The van der Waals surface area contributed by atoms with Crippen LogP contribution in [0.5, 0.6) is 6.01 Å². The molecule has 0 bridgehead atoms. The number of nitrogens with zero attached hydrogens (tertiary/aromatic N) is 17. The Balaban J connectivity index is 1.33. The highest BCUT2D eigenvalue weighted by molar-refractivity contribution is 5.96. The SMILES string of the molecule is CC(C)(C)c1nn(-c2nc(O)nc(-n3nc(C(C)(C)C)c(/N=N/c4c(C#N)cnn4-c4cc(C(=O)O)cc(C(=O)O)c4)c3N)n2)c(N)c1/N=N/c1c(C#N)cnn1-c1cc(C(=O)O)cc(C(=O)O)c1. The zero-order valence-corrected chi connectivity index (χ0v) is 36.7. The highest BCUT2D eigenvalue weighted by Gasteiger charge is 2.31. The number of aromatic nitrogens is 11. The molecule has 69 heavy (non-hydrogen) atoms. The van der Waals surface area contributed by atoms with E-state index in [0.29, 0.717) is 0 Å². The fourth-order valence-electron chi connectivity index (χ4n) is 6.46. The molecule has 28 nitrogen and oxygen atoms in total. The van der Waals surface area contributed by atoms with Crippen LogP contribution in [0.15, 0.2) is 69.2 Å². The van der Waals surface area contributed by atoms with Crippen LogP contribution in [0, 0.1) is 22.7 Å².